The van der Waals surface area contributed by atoms with Crippen molar-refractivity contribution in [3.05, 3.63) is 12.1 Å². The van der Waals surface area contributed by atoms with Gasteiger partial charge in [-0.15, -0.1) is 0 Å². The van der Waals surface area contributed by atoms with Crippen LogP contribution < -0.4 is 10.6 Å². The van der Waals surface area contributed by atoms with Crippen molar-refractivity contribution in [2.45, 2.75) is 25.9 Å². The number of nitrogens with two attached hydrogens (primary N) is 1. The van der Waals surface area contributed by atoms with E-state index >= 15 is 0 Å². The van der Waals surface area contributed by atoms with E-state index < -0.39 is 0 Å². The molecule has 6 heteroatoms. The van der Waals surface area contributed by atoms with Crippen molar-refractivity contribution in [2.24, 2.45) is 0 Å². The zero-order chi connectivity index (χ0) is 13.2. The molecule has 1 atom stereocenters. The predicted molar refractivity (Wildman–Crippen MR) is 73.1 cm³/mol. The normalized spacial score (nSPS) is 20.1. The maximum Gasteiger partial charge on any atom is 0.160 e. The molecule has 1 aliphatic rings. The van der Waals surface area contributed by atoms with Gasteiger partial charge < -0.3 is 15.4 Å². The van der Waals surface area contributed by atoms with Gasteiger partial charge in [-0.05, 0) is 42.2 Å². The Bertz CT molecular complexity index is 567. The highest BCUT2D eigenvalue weighted by atomic mass is 16.6. The summed E-state index contributed by atoms with van der Waals surface area (Å²) in [4.78, 5) is 2.27. The lowest BCUT2D eigenvalue weighted by Gasteiger charge is -2.34. The molecule has 0 aliphatic carbocycles. The molecule has 1 fully saturated rings. The van der Waals surface area contributed by atoms with Gasteiger partial charge in [0.05, 0.1) is 17.5 Å². The summed E-state index contributed by atoms with van der Waals surface area (Å²) in [7, 11) is 0. The van der Waals surface area contributed by atoms with E-state index in [4.69, 9.17) is 15.1 Å². The van der Waals surface area contributed by atoms with E-state index in [0.717, 1.165) is 43.7 Å². The molecule has 1 saturated heterocycles. The lowest BCUT2D eigenvalue weighted by Crippen LogP contribution is -2.39. The molecular formula is C13H18N4O2. The van der Waals surface area contributed by atoms with Crippen LogP contribution in [0.1, 0.15) is 19.8 Å². The highest BCUT2D eigenvalue weighted by Gasteiger charge is 2.23. The Morgan fingerprint density at radius 3 is 3.11 bits per heavy atom. The van der Waals surface area contributed by atoms with Gasteiger partial charge in [0.2, 0.25) is 0 Å². The minimum atomic E-state index is 0.284. The van der Waals surface area contributed by atoms with E-state index in [-0.39, 0.29) is 6.10 Å². The Kier molecular flexibility index (Phi) is 3.25. The van der Waals surface area contributed by atoms with Crippen LogP contribution in [0.25, 0.3) is 11.0 Å². The number of nitrogens with zero attached hydrogens (tertiary/aromatic N) is 3. The number of fused-ring (bicyclic) bond motifs is 1. The second kappa shape index (κ2) is 5.05. The first-order valence-corrected chi connectivity index (χ1v) is 6.67. The maximum atomic E-state index is 5.87. The fraction of sp³-hybridized carbons (Fsp3) is 0.538. The van der Waals surface area contributed by atoms with Gasteiger partial charge in [0.1, 0.15) is 0 Å². The first kappa shape index (κ1) is 12.2. The number of hydrogen-bond donors (Lipinski definition) is 1. The number of aromatic nitrogens is 2. The Labute approximate surface area is 111 Å². The fourth-order valence-electron chi connectivity index (χ4n) is 2.66. The smallest absolute Gasteiger partial charge is 0.160 e. The van der Waals surface area contributed by atoms with Crippen molar-refractivity contribution >= 4 is 22.4 Å². The summed E-state index contributed by atoms with van der Waals surface area (Å²) in [5, 5.41) is 7.84. The fourth-order valence-corrected chi connectivity index (χ4v) is 2.66. The van der Waals surface area contributed by atoms with Gasteiger partial charge in [0.25, 0.3) is 0 Å². The van der Waals surface area contributed by atoms with Crippen LogP contribution in [0.4, 0.5) is 11.4 Å². The summed E-state index contributed by atoms with van der Waals surface area (Å²) in [5.74, 6) is 0. The lowest BCUT2D eigenvalue weighted by atomic mass is 10.1. The molecule has 0 radical (unpaired) electrons. The highest BCUT2D eigenvalue weighted by molar-refractivity contribution is 5.95. The minimum absolute atomic E-state index is 0.284. The summed E-state index contributed by atoms with van der Waals surface area (Å²) < 4.78 is 10.5. The molecule has 0 bridgehead atoms. The van der Waals surface area contributed by atoms with Crippen LogP contribution in [0.5, 0.6) is 0 Å². The summed E-state index contributed by atoms with van der Waals surface area (Å²) in [6.45, 7) is 4.65. The van der Waals surface area contributed by atoms with Gasteiger partial charge in [-0.3, -0.25) is 0 Å². The lowest BCUT2D eigenvalue weighted by molar-refractivity contribution is 0.0527. The zero-order valence-electron chi connectivity index (χ0n) is 11.0. The SMILES string of the molecule is CCOC1CCCN(c2ccc(N)c3nonc23)C1. The number of ether oxygens (including phenoxy) is 1. The molecule has 1 aromatic heterocycles. The topological polar surface area (TPSA) is 77.4 Å². The van der Waals surface area contributed by atoms with E-state index in [9.17, 15) is 0 Å². The Morgan fingerprint density at radius 2 is 2.26 bits per heavy atom. The number of rotatable bonds is 3. The van der Waals surface area contributed by atoms with Crippen molar-refractivity contribution in [1.82, 2.24) is 10.3 Å². The van der Waals surface area contributed by atoms with Crippen LogP contribution in [0.15, 0.2) is 16.8 Å². The summed E-state index contributed by atoms with van der Waals surface area (Å²) in [6, 6.07) is 3.84. The third-order valence-electron chi connectivity index (χ3n) is 3.55. The second-order valence-corrected chi connectivity index (χ2v) is 4.80. The third-order valence-corrected chi connectivity index (χ3v) is 3.55. The van der Waals surface area contributed by atoms with Gasteiger partial charge in [-0.25, -0.2) is 4.63 Å². The predicted octanol–water partition coefficient (Wildman–Crippen LogP) is 1.81. The molecule has 19 heavy (non-hydrogen) atoms. The Balaban J connectivity index is 1.91. The summed E-state index contributed by atoms with van der Waals surface area (Å²) in [5.41, 5.74) is 8.86. The Hall–Kier alpha value is -1.82. The largest absolute Gasteiger partial charge is 0.397 e. The molecular weight excluding hydrogens is 244 g/mol. The van der Waals surface area contributed by atoms with Crippen LogP contribution in [-0.4, -0.2) is 36.1 Å². The van der Waals surface area contributed by atoms with Crippen molar-refractivity contribution in [3.8, 4) is 0 Å². The van der Waals surface area contributed by atoms with E-state index in [1.54, 1.807) is 0 Å². The van der Waals surface area contributed by atoms with Crippen LogP contribution in [0.2, 0.25) is 0 Å². The molecule has 2 N–H and O–H groups in total. The molecule has 0 saturated carbocycles. The highest BCUT2D eigenvalue weighted by Crippen LogP contribution is 2.30. The van der Waals surface area contributed by atoms with E-state index in [1.165, 1.54) is 0 Å². The zero-order valence-corrected chi connectivity index (χ0v) is 11.0. The molecule has 6 nitrogen and oxygen atoms in total. The number of piperidine rings is 1. The first-order chi connectivity index (χ1) is 9.29. The molecule has 102 valence electrons. The quantitative estimate of drug-likeness (QED) is 0.850. The standard InChI is InChI=1S/C13H18N4O2/c1-2-18-9-4-3-7-17(8-9)11-6-5-10(14)12-13(11)16-19-15-12/h5-6,9H,2-4,7-8,14H2,1H3. The molecule has 2 heterocycles. The maximum absolute atomic E-state index is 5.87. The number of hydrogen-bond acceptors (Lipinski definition) is 6. The van der Waals surface area contributed by atoms with Crippen molar-refractivity contribution in [3.63, 3.8) is 0 Å². The van der Waals surface area contributed by atoms with Gasteiger partial charge >= 0.3 is 0 Å². The Morgan fingerprint density at radius 1 is 1.42 bits per heavy atom. The van der Waals surface area contributed by atoms with Gasteiger partial charge in [0.15, 0.2) is 11.0 Å². The van der Waals surface area contributed by atoms with Gasteiger partial charge in [-0.2, -0.15) is 0 Å². The van der Waals surface area contributed by atoms with Crippen LogP contribution in [0, 0.1) is 0 Å². The number of nitrogen functional groups attached to an aromatic ring is 1. The van der Waals surface area contributed by atoms with Crippen molar-refractivity contribution < 1.29 is 9.37 Å². The summed E-state index contributed by atoms with van der Waals surface area (Å²) in [6.07, 6.45) is 2.51. The molecule has 0 amide bonds. The first-order valence-electron chi connectivity index (χ1n) is 6.67. The van der Waals surface area contributed by atoms with Gasteiger partial charge in [0, 0.05) is 19.7 Å². The third kappa shape index (κ3) is 2.23. The average molecular weight is 262 g/mol. The average Bonchev–Trinajstić information content (AvgIpc) is 2.90. The second-order valence-electron chi connectivity index (χ2n) is 4.80. The molecule has 3 rings (SSSR count). The van der Waals surface area contributed by atoms with E-state index in [0.29, 0.717) is 11.2 Å². The van der Waals surface area contributed by atoms with Crippen molar-refractivity contribution in [2.75, 3.05) is 30.3 Å². The van der Waals surface area contributed by atoms with E-state index in [1.807, 2.05) is 19.1 Å². The van der Waals surface area contributed by atoms with Crippen LogP contribution in [-0.2, 0) is 4.74 Å². The van der Waals surface area contributed by atoms with Crippen LogP contribution >= 0.6 is 0 Å². The van der Waals surface area contributed by atoms with Gasteiger partial charge in [-0.1, -0.05) is 0 Å². The monoisotopic (exact) mass is 262 g/mol. The summed E-state index contributed by atoms with van der Waals surface area (Å²) >= 11 is 0. The minimum Gasteiger partial charge on any atom is -0.397 e. The van der Waals surface area contributed by atoms with Crippen molar-refractivity contribution in [1.29, 1.82) is 0 Å². The molecule has 1 unspecified atom stereocenters. The molecule has 2 aromatic rings. The van der Waals surface area contributed by atoms with Crippen LogP contribution in [0.3, 0.4) is 0 Å². The molecule has 1 aromatic carbocycles. The molecule has 0 spiro atoms. The molecule has 1 aliphatic heterocycles. The van der Waals surface area contributed by atoms with E-state index in [2.05, 4.69) is 15.2 Å². The number of benzene rings is 1. The number of anilines is 2.